The molecule has 0 aromatic carbocycles. The number of nitrogens with two attached hydrogens (primary N) is 1. The number of hydrogen-bond acceptors (Lipinski definition) is 5. The Morgan fingerprint density at radius 1 is 1.17 bits per heavy atom. The lowest BCUT2D eigenvalue weighted by Gasteiger charge is -2.33. The van der Waals surface area contributed by atoms with E-state index in [4.69, 9.17) is 10.5 Å². The van der Waals surface area contributed by atoms with E-state index in [0.717, 1.165) is 19.3 Å². The van der Waals surface area contributed by atoms with Gasteiger partial charge in [-0.2, -0.15) is 0 Å². The van der Waals surface area contributed by atoms with Gasteiger partial charge in [-0.05, 0) is 50.2 Å². The van der Waals surface area contributed by atoms with E-state index in [1.54, 1.807) is 18.3 Å². The number of primary amides is 1. The van der Waals surface area contributed by atoms with Crippen LogP contribution in [0.4, 0.5) is 4.79 Å². The molecular formula is C21H28N4O4. The van der Waals surface area contributed by atoms with E-state index in [0.29, 0.717) is 31.6 Å². The summed E-state index contributed by atoms with van der Waals surface area (Å²) >= 11 is 0. The van der Waals surface area contributed by atoms with Gasteiger partial charge in [-0.1, -0.05) is 25.7 Å². The molecule has 2 heterocycles. The van der Waals surface area contributed by atoms with Gasteiger partial charge in [0.05, 0.1) is 0 Å². The van der Waals surface area contributed by atoms with E-state index in [1.807, 2.05) is 0 Å². The van der Waals surface area contributed by atoms with Crippen molar-refractivity contribution < 1.29 is 19.1 Å². The molecule has 1 atom stereocenters. The Labute approximate surface area is 170 Å². The van der Waals surface area contributed by atoms with Crippen molar-refractivity contribution in [3.8, 4) is 5.88 Å². The molecule has 3 fully saturated rings. The summed E-state index contributed by atoms with van der Waals surface area (Å²) in [5.74, 6) is 0.141. The lowest BCUT2D eigenvalue weighted by Crippen LogP contribution is -2.44. The van der Waals surface area contributed by atoms with Crippen LogP contribution in [0.3, 0.4) is 0 Å². The van der Waals surface area contributed by atoms with Crippen LogP contribution in [0, 0.1) is 5.92 Å². The van der Waals surface area contributed by atoms with Crippen LogP contribution in [0.5, 0.6) is 5.88 Å². The second-order valence-corrected chi connectivity index (χ2v) is 8.37. The fourth-order valence-electron chi connectivity index (χ4n) is 4.88. The molecule has 1 aromatic rings. The molecular weight excluding hydrogens is 372 g/mol. The largest absolute Gasteiger partial charge is 0.474 e. The molecule has 1 aromatic heterocycles. The zero-order valence-electron chi connectivity index (χ0n) is 16.5. The fourth-order valence-corrected chi connectivity index (χ4v) is 4.88. The van der Waals surface area contributed by atoms with Crippen LogP contribution >= 0.6 is 0 Å². The lowest BCUT2D eigenvalue weighted by molar-refractivity contribution is -0.130. The Balaban J connectivity index is 1.33. The first-order valence-corrected chi connectivity index (χ1v) is 10.6. The van der Waals surface area contributed by atoms with Crippen molar-refractivity contribution in [2.24, 2.45) is 11.7 Å². The molecule has 3 N–H and O–H groups in total. The number of urea groups is 1. The molecule has 29 heavy (non-hydrogen) atoms. The number of aromatic nitrogens is 1. The molecule has 1 aliphatic heterocycles. The van der Waals surface area contributed by atoms with E-state index in [-0.39, 0.29) is 41.6 Å². The normalized spacial score (nSPS) is 27.9. The maximum Gasteiger partial charge on any atom is 0.325 e. The summed E-state index contributed by atoms with van der Waals surface area (Å²) in [6.45, 7) is 0. The second kappa shape index (κ2) is 8.39. The average Bonchev–Trinajstić information content (AvgIpc) is 3.31. The number of hydrogen-bond donors (Lipinski definition) is 2. The molecule has 1 unspecified atom stereocenters. The number of carbonyl (C=O) groups is 3. The molecule has 2 aliphatic carbocycles. The first-order valence-electron chi connectivity index (χ1n) is 10.6. The number of rotatable bonds is 6. The number of imide groups is 1. The zero-order valence-corrected chi connectivity index (χ0v) is 16.5. The monoisotopic (exact) mass is 400 g/mol. The SMILES string of the molecule is NC(=O)c1cccnc1OC1CCC(N2C(=O)NC(CC3CCCC3)C2=O)CC1. The molecule has 0 spiro atoms. The number of pyridine rings is 1. The van der Waals surface area contributed by atoms with Gasteiger partial charge < -0.3 is 15.8 Å². The van der Waals surface area contributed by atoms with Crippen molar-refractivity contribution in [2.75, 3.05) is 0 Å². The Morgan fingerprint density at radius 2 is 1.90 bits per heavy atom. The number of ether oxygens (including phenoxy) is 1. The van der Waals surface area contributed by atoms with Gasteiger partial charge >= 0.3 is 6.03 Å². The number of carbonyl (C=O) groups excluding carboxylic acids is 3. The van der Waals surface area contributed by atoms with Crippen molar-refractivity contribution >= 4 is 17.8 Å². The van der Waals surface area contributed by atoms with Crippen molar-refractivity contribution in [1.29, 1.82) is 0 Å². The number of nitrogens with one attached hydrogen (secondary N) is 1. The topological polar surface area (TPSA) is 115 Å². The quantitative estimate of drug-likeness (QED) is 0.712. The summed E-state index contributed by atoms with van der Waals surface area (Å²) in [5.41, 5.74) is 5.64. The van der Waals surface area contributed by atoms with E-state index in [1.165, 1.54) is 17.7 Å². The molecule has 0 radical (unpaired) electrons. The number of amides is 4. The van der Waals surface area contributed by atoms with E-state index >= 15 is 0 Å². The van der Waals surface area contributed by atoms with Gasteiger partial charge in [0.15, 0.2) is 0 Å². The summed E-state index contributed by atoms with van der Waals surface area (Å²) in [5, 5.41) is 2.89. The minimum Gasteiger partial charge on any atom is -0.474 e. The highest BCUT2D eigenvalue weighted by molar-refractivity contribution is 6.04. The van der Waals surface area contributed by atoms with Crippen LogP contribution in [0.25, 0.3) is 0 Å². The van der Waals surface area contributed by atoms with Crippen molar-refractivity contribution in [1.82, 2.24) is 15.2 Å². The van der Waals surface area contributed by atoms with Gasteiger partial charge in [-0.25, -0.2) is 9.78 Å². The summed E-state index contributed by atoms with van der Waals surface area (Å²) in [6.07, 6.45) is 9.69. The third-order valence-electron chi connectivity index (χ3n) is 6.42. The molecule has 8 nitrogen and oxygen atoms in total. The molecule has 1 saturated heterocycles. The summed E-state index contributed by atoms with van der Waals surface area (Å²) in [7, 11) is 0. The predicted octanol–water partition coefficient (Wildman–Crippen LogP) is 2.37. The Bertz CT molecular complexity index is 785. The van der Waals surface area contributed by atoms with Crippen LogP contribution in [0.15, 0.2) is 18.3 Å². The van der Waals surface area contributed by atoms with E-state index < -0.39 is 5.91 Å². The van der Waals surface area contributed by atoms with E-state index in [2.05, 4.69) is 10.3 Å². The highest BCUT2D eigenvalue weighted by Gasteiger charge is 2.44. The van der Waals surface area contributed by atoms with Gasteiger partial charge in [0.25, 0.3) is 11.8 Å². The first kappa shape index (κ1) is 19.7. The molecule has 3 aliphatic rings. The van der Waals surface area contributed by atoms with Gasteiger partial charge in [0.2, 0.25) is 5.88 Å². The lowest BCUT2D eigenvalue weighted by atomic mass is 9.91. The van der Waals surface area contributed by atoms with Gasteiger partial charge in [0, 0.05) is 12.2 Å². The summed E-state index contributed by atoms with van der Waals surface area (Å²) in [4.78, 5) is 42.4. The highest BCUT2D eigenvalue weighted by Crippen LogP contribution is 2.32. The summed E-state index contributed by atoms with van der Waals surface area (Å²) in [6, 6.07) is 2.50. The smallest absolute Gasteiger partial charge is 0.325 e. The van der Waals surface area contributed by atoms with Crippen LogP contribution < -0.4 is 15.8 Å². The minimum absolute atomic E-state index is 0.0768. The first-order chi connectivity index (χ1) is 14.0. The molecule has 4 amide bonds. The summed E-state index contributed by atoms with van der Waals surface area (Å²) < 4.78 is 5.91. The van der Waals surface area contributed by atoms with Crippen LogP contribution in [0.2, 0.25) is 0 Å². The van der Waals surface area contributed by atoms with Gasteiger partial charge in [-0.3, -0.25) is 14.5 Å². The standard InChI is InChI=1S/C21H28N4O4/c22-18(26)16-6-3-11-23-19(16)29-15-9-7-14(8-10-15)25-20(27)17(24-21(25)28)12-13-4-1-2-5-13/h3,6,11,13-15,17H,1-2,4-5,7-10,12H2,(H2,22,26)(H,24,28). The van der Waals surface area contributed by atoms with Crippen molar-refractivity contribution in [3.63, 3.8) is 0 Å². The predicted molar refractivity (Wildman–Crippen MR) is 105 cm³/mol. The molecule has 8 heteroatoms. The van der Waals surface area contributed by atoms with Crippen LogP contribution in [0.1, 0.15) is 68.1 Å². The van der Waals surface area contributed by atoms with Crippen molar-refractivity contribution in [3.05, 3.63) is 23.9 Å². The van der Waals surface area contributed by atoms with E-state index in [9.17, 15) is 14.4 Å². The maximum absolute atomic E-state index is 12.8. The third-order valence-corrected chi connectivity index (χ3v) is 6.42. The fraction of sp³-hybridized carbons (Fsp3) is 0.619. The molecule has 2 saturated carbocycles. The molecule has 4 rings (SSSR count). The minimum atomic E-state index is -0.575. The Kier molecular flexibility index (Phi) is 5.69. The second-order valence-electron chi connectivity index (χ2n) is 8.37. The third kappa shape index (κ3) is 4.21. The molecule has 0 bridgehead atoms. The van der Waals surface area contributed by atoms with Crippen LogP contribution in [-0.2, 0) is 4.79 Å². The van der Waals surface area contributed by atoms with Crippen LogP contribution in [-0.4, -0.2) is 45.9 Å². The highest BCUT2D eigenvalue weighted by atomic mass is 16.5. The van der Waals surface area contributed by atoms with Crippen molar-refractivity contribution in [2.45, 2.75) is 76.0 Å². The average molecular weight is 400 g/mol. The maximum atomic E-state index is 12.8. The Hall–Kier alpha value is -2.64. The molecule has 156 valence electrons. The zero-order chi connectivity index (χ0) is 20.4. The van der Waals surface area contributed by atoms with Gasteiger partial charge in [0.1, 0.15) is 17.7 Å². The Morgan fingerprint density at radius 3 is 2.59 bits per heavy atom. The van der Waals surface area contributed by atoms with Gasteiger partial charge in [-0.15, -0.1) is 0 Å². The number of nitrogens with zero attached hydrogens (tertiary/aromatic N) is 2.